The third-order valence-electron chi connectivity index (χ3n) is 2.86. The number of amides is 1. The first-order valence-electron chi connectivity index (χ1n) is 5.78. The van der Waals surface area contributed by atoms with E-state index in [2.05, 4.69) is 25.3 Å². The molecular formula is C13H11N5O. The number of aromatic amines is 1. The molecule has 2 N–H and O–H groups in total. The third kappa shape index (κ3) is 2.15. The van der Waals surface area contributed by atoms with Gasteiger partial charge in [-0.05, 0) is 12.1 Å². The Labute approximate surface area is 108 Å². The standard InChI is InChI=1S/C13H11N5O/c19-8-15-6-12-11(5-14-7-18-12)10-3-9-1-2-16-13(9)17-4-10/h1-5,7-8H,6H2,(H,15,19)(H,16,17). The van der Waals surface area contributed by atoms with E-state index in [1.54, 1.807) is 12.4 Å². The van der Waals surface area contributed by atoms with E-state index in [0.29, 0.717) is 13.0 Å². The molecule has 0 radical (unpaired) electrons. The predicted molar refractivity (Wildman–Crippen MR) is 70.0 cm³/mol. The molecule has 0 bridgehead atoms. The maximum atomic E-state index is 10.4. The van der Waals surface area contributed by atoms with E-state index in [0.717, 1.165) is 27.9 Å². The Balaban J connectivity index is 2.06. The molecular weight excluding hydrogens is 242 g/mol. The monoisotopic (exact) mass is 253 g/mol. The van der Waals surface area contributed by atoms with E-state index in [1.807, 2.05) is 18.3 Å². The molecule has 0 spiro atoms. The second-order valence-electron chi connectivity index (χ2n) is 4.02. The van der Waals surface area contributed by atoms with Crippen molar-refractivity contribution in [2.24, 2.45) is 0 Å². The average molecular weight is 253 g/mol. The summed E-state index contributed by atoms with van der Waals surface area (Å²) < 4.78 is 0. The summed E-state index contributed by atoms with van der Waals surface area (Å²) in [5, 5.41) is 3.63. The molecule has 3 aromatic rings. The van der Waals surface area contributed by atoms with Crippen molar-refractivity contribution in [2.75, 3.05) is 0 Å². The minimum absolute atomic E-state index is 0.368. The Morgan fingerprint density at radius 3 is 3.16 bits per heavy atom. The van der Waals surface area contributed by atoms with Crippen LogP contribution in [0.1, 0.15) is 5.69 Å². The van der Waals surface area contributed by atoms with Gasteiger partial charge >= 0.3 is 0 Å². The van der Waals surface area contributed by atoms with Crippen molar-refractivity contribution in [1.82, 2.24) is 25.3 Å². The van der Waals surface area contributed by atoms with Crippen LogP contribution >= 0.6 is 0 Å². The molecule has 94 valence electrons. The molecule has 19 heavy (non-hydrogen) atoms. The molecule has 3 rings (SSSR count). The summed E-state index contributed by atoms with van der Waals surface area (Å²) in [6.07, 6.45) is 7.46. The quantitative estimate of drug-likeness (QED) is 0.686. The lowest BCUT2D eigenvalue weighted by Crippen LogP contribution is -2.12. The molecule has 0 aliphatic heterocycles. The van der Waals surface area contributed by atoms with Crippen LogP contribution in [0, 0.1) is 0 Å². The molecule has 0 aromatic carbocycles. The SMILES string of the molecule is O=CNCc1ncncc1-c1cnc2[nH]ccc2c1. The highest BCUT2D eigenvalue weighted by molar-refractivity contribution is 5.81. The average Bonchev–Trinajstić information content (AvgIpc) is 2.92. The van der Waals surface area contributed by atoms with Crippen molar-refractivity contribution in [1.29, 1.82) is 0 Å². The number of carbonyl (C=O) groups excluding carboxylic acids is 1. The summed E-state index contributed by atoms with van der Waals surface area (Å²) in [5.74, 6) is 0. The molecule has 6 heteroatoms. The number of hydrogen-bond acceptors (Lipinski definition) is 4. The molecule has 3 aromatic heterocycles. The van der Waals surface area contributed by atoms with E-state index in [1.165, 1.54) is 6.33 Å². The third-order valence-corrected chi connectivity index (χ3v) is 2.86. The largest absolute Gasteiger partial charge is 0.353 e. The second kappa shape index (κ2) is 4.85. The first-order valence-corrected chi connectivity index (χ1v) is 5.78. The highest BCUT2D eigenvalue weighted by atomic mass is 16.1. The molecule has 6 nitrogen and oxygen atoms in total. The molecule has 1 amide bonds. The number of nitrogens with one attached hydrogen (secondary N) is 2. The minimum atomic E-state index is 0.368. The van der Waals surface area contributed by atoms with Gasteiger partial charge in [-0.1, -0.05) is 0 Å². The van der Waals surface area contributed by atoms with Crippen molar-refractivity contribution in [2.45, 2.75) is 6.54 Å². The number of pyridine rings is 1. The van der Waals surface area contributed by atoms with Gasteiger partial charge in [-0.25, -0.2) is 15.0 Å². The van der Waals surface area contributed by atoms with Crippen molar-refractivity contribution in [3.8, 4) is 11.1 Å². The molecule has 0 aliphatic carbocycles. The van der Waals surface area contributed by atoms with Gasteiger partial charge in [0, 0.05) is 35.1 Å². The lowest BCUT2D eigenvalue weighted by atomic mass is 10.1. The lowest BCUT2D eigenvalue weighted by molar-refractivity contribution is -0.109. The van der Waals surface area contributed by atoms with Crippen molar-refractivity contribution in [3.63, 3.8) is 0 Å². The van der Waals surface area contributed by atoms with Gasteiger partial charge in [0.1, 0.15) is 12.0 Å². The number of hydrogen-bond donors (Lipinski definition) is 2. The van der Waals surface area contributed by atoms with Crippen LogP contribution in [0.15, 0.2) is 37.1 Å². The maximum absolute atomic E-state index is 10.4. The van der Waals surface area contributed by atoms with Crippen molar-refractivity contribution >= 4 is 17.4 Å². The summed E-state index contributed by atoms with van der Waals surface area (Å²) in [7, 11) is 0. The topological polar surface area (TPSA) is 83.6 Å². The van der Waals surface area contributed by atoms with Gasteiger partial charge in [0.15, 0.2) is 0 Å². The fourth-order valence-corrected chi connectivity index (χ4v) is 1.96. The Morgan fingerprint density at radius 1 is 1.32 bits per heavy atom. The second-order valence-corrected chi connectivity index (χ2v) is 4.02. The van der Waals surface area contributed by atoms with Crippen LogP contribution in [0.5, 0.6) is 0 Å². The zero-order valence-corrected chi connectivity index (χ0v) is 10.00. The van der Waals surface area contributed by atoms with Gasteiger partial charge in [0.25, 0.3) is 0 Å². The van der Waals surface area contributed by atoms with Crippen LogP contribution in [-0.4, -0.2) is 26.3 Å². The minimum Gasteiger partial charge on any atom is -0.353 e. The van der Waals surface area contributed by atoms with Crippen LogP contribution in [-0.2, 0) is 11.3 Å². The number of nitrogens with zero attached hydrogens (tertiary/aromatic N) is 3. The molecule has 3 heterocycles. The summed E-state index contributed by atoms with van der Waals surface area (Å²) in [4.78, 5) is 26.0. The Hall–Kier alpha value is -2.76. The molecule has 0 atom stereocenters. The van der Waals surface area contributed by atoms with Gasteiger partial charge in [-0.3, -0.25) is 4.79 Å². The zero-order chi connectivity index (χ0) is 13.1. The fraction of sp³-hybridized carbons (Fsp3) is 0.0769. The van der Waals surface area contributed by atoms with E-state index in [4.69, 9.17) is 0 Å². The van der Waals surface area contributed by atoms with Crippen LogP contribution in [0.2, 0.25) is 0 Å². The smallest absolute Gasteiger partial charge is 0.207 e. The number of rotatable bonds is 4. The van der Waals surface area contributed by atoms with E-state index in [-0.39, 0.29) is 0 Å². The molecule has 0 aliphatic rings. The first kappa shape index (κ1) is 11.3. The number of carbonyl (C=O) groups is 1. The van der Waals surface area contributed by atoms with E-state index in [9.17, 15) is 4.79 Å². The summed E-state index contributed by atoms with van der Waals surface area (Å²) >= 11 is 0. The molecule has 0 unspecified atom stereocenters. The summed E-state index contributed by atoms with van der Waals surface area (Å²) in [5.41, 5.74) is 3.40. The lowest BCUT2D eigenvalue weighted by Gasteiger charge is -2.07. The molecule has 0 saturated carbocycles. The van der Waals surface area contributed by atoms with Crippen LogP contribution in [0.3, 0.4) is 0 Å². The van der Waals surface area contributed by atoms with E-state index >= 15 is 0 Å². The number of fused-ring (bicyclic) bond motifs is 1. The molecule has 0 saturated heterocycles. The summed E-state index contributed by atoms with van der Waals surface area (Å²) in [6.45, 7) is 0.368. The Morgan fingerprint density at radius 2 is 2.26 bits per heavy atom. The number of aromatic nitrogens is 4. The van der Waals surface area contributed by atoms with Crippen molar-refractivity contribution in [3.05, 3.63) is 42.7 Å². The normalized spacial score (nSPS) is 10.5. The van der Waals surface area contributed by atoms with Crippen LogP contribution in [0.25, 0.3) is 22.2 Å². The molecule has 0 fully saturated rings. The highest BCUT2D eigenvalue weighted by Crippen LogP contribution is 2.23. The van der Waals surface area contributed by atoms with Gasteiger partial charge < -0.3 is 10.3 Å². The Bertz CT molecular complexity index is 722. The van der Waals surface area contributed by atoms with E-state index < -0.39 is 0 Å². The van der Waals surface area contributed by atoms with Gasteiger partial charge in [-0.15, -0.1) is 0 Å². The zero-order valence-electron chi connectivity index (χ0n) is 10.00. The van der Waals surface area contributed by atoms with Gasteiger partial charge in [-0.2, -0.15) is 0 Å². The first-order chi connectivity index (χ1) is 9.38. The fourth-order valence-electron chi connectivity index (χ4n) is 1.96. The Kier molecular flexibility index (Phi) is 2.89. The number of H-pyrrole nitrogens is 1. The van der Waals surface area contributed by atoms with Gasteiger partial charge in [0.05, 0.1) is 12.2 Å². The van der Waals surface area contributed by atoms with Crippen LogP contribution in [0.4, 0.5) is 0 Å². The maximum Gasteiger partial charge on any atom is 0.207 e. The van der Waals surface area contributed by atoms with Crippen molar-refractivity contribution < 1.29 is 4.79 Å². The van der Waals surface area contributed by atoms with Gasteiger partial charge in [0.2, 0.25) is 6.41 Å². The van der Waals surface area contributed by atoms with Crippen LogP contribution < -0.4 is 5.32 Å². The highest BCUT2D eigenvalue weighted by Gasteiger charge is 2.08. The predicted octanol–water partition coefficient (Wildman–Crippen LogP) is 1.27. The summed E-state index contributed by atoms with van der Waals surface area (Å²) in [6, 6.07) is 3.97.